The molecule has 2 aromatic rings. The molecule has 1 unspecified atom stereocenters. The van der Waals surface area contributed by atoms with Crippen LogP contribution in [0.5, 0.6) is 0 Å². The Bertz CT molecular complexity index is 544. The van der Waals surface area contributed by atoms with Gasteiger partial charge in [-0.2, -0.15) is 0 Å². The molecule has 1 N–H and O–H groups in total. The van der Waals surface area contributed by atoms with Crippen LogP contribution in [0.15, 0.2) is 54.6 Å². The van der Waals surface area contributed by atoms with E-state index in [1.807, 2.05) is 6.07 Å². The van der Waals surface area contributed by atoms with Crippen molar-refractivity contribution < 1.29 is 14.3 Å². The van der Waals surface area contributed by atoms with Gasteiger partial charge in [0.25, 0.3) is 0 Å². The summed E-state index contributed by atoms with van der Waals surface area (Å²) >= 11 is 0. The number of halogens is 1. The van der Waals surface area contributed by atoms with E-state index in [9.17, 15) is 14.3 Å². The average molecular weight is 244 g/mol. The molecular formula is C15H13FO2. The predicted octanol–water partition coefficient (Wildman–Crippen LogP) is 2.92. The van der Waals surface area contributed by atoms with Gasteiger partial charge in [0.15, 0.2) is 5.78 Å². The number of hydrogen-bond acceptors (Lipinski definition) is 2. The molecule has 0 aromatic heterocycles. The van der Waals surface area contributed by atoms with Gasteiger partial charge in [-0.1, -0.05) is 30.3 Å². The van der Waals surface area contributed by atoms with Crippen LogP contribution in [-0.4, -0.2) is 10.9 Å². The number of ketones is 1. The number of carbonyl (C=O) groups is 1. The summed E-state index contributed by atoms with van der Waals surface area (Å²) in [5.74, 6) is -0.861. The van der Waals surface area contributed by atoms with Crippen molar-refractivity contribution in [2.24, 2.45) is 0 Å². The van der Waals surface area contributed by atoms with E-state index < -0.39 is 17.2 Å². The number of Topliss-reactive ketones (excluding diaryl/α,β-unsaturated/α-hetero) is 1. The maximum Gasteiger partial charge on any atom is 0.198 e. The first kappa shape index (κ1) is 12.5. The zero-order valence-electron chi connectivity index (χ0n) is 9.93. The monoisotopic (exact) mass is 244 g/mol. The largest absolute Gasteiger partial charge is 0.377 e. The quantitative estimate of drug-likeness (QED) is 0.843. The third-order valence-corrected chi connectivity index (χ3v) is 2.88. The Labute approximate surface area is 105 Å². The van der Waals surface area contributed by atoms with E-state index in [4.69, 9.17) is 0 Å². The second-order valence-electron chi connectivity index (χ2n) is 4.27. The molecular weight excluding hydrogens is 231 g/mol. The number of carbonyl (C=O) groups excluding carboxylic acids is 1. The molecule has 0 aliphatic carbocycles. The summed E-state index contributed by atoms with van der Waals surface area (Å²) in [4.78, 5) is 12.2. The summed E-state index contributed by atoms with van der Waals surface area (Å²) in [6.45, 7) is 1.44. The van der Waals surface area contributed by atoms with Crippen LogP contribution in [0.4, 0.5) is 4.39 Å². The molecule has 2 aromatic carbocycles. The highest BCUT2D eigenvalue weighted by molar-refractivity contribution is 6.02. The lowest BCUT2D eigenvalue weighted by Gasteiger charge is -2.22. The summed E-state index contributed by atoms with van der Waals surface area (Å²) in [5, 5.41) is 10.3. The average Bonchev–Trinajstić information content (AvgIpc) is 2.40. The minimum atomic E-state index is -1.61. The Balaban J connectivity index is 2.36. The molecule has 1 atom stereocenters. The fraction of sp³-hybridized carbons (Fsp3) is 0.133. The lowest BCUT2D eigenvalue weighted by atomic mass is 9.88. The zero-order valence-corrected chi connectivity index (χ0v) is 9.93. The third kappa shape index (κ3) is 2.31. The van der Waals surface area contributed by atoms with Gasteiger partial charge in [-0.3, -0.25) is 4.79 Å². The Hall–Kier alpha value is -2.00. The SMILES string of the molecule is CC(O)(C(=O)c1ccc(F)cc1)c1ccccc1. The fourth-order valence-electron chi connectivity index (χ4n) is 1.78. The second kappa shape index (κ2) is 4.70. The Morgan fingerprint density at radius 3 is 2.17 bits per heavy atom. The van der Waals surface area contributed by atoms with Gasteiger partial charge in [0.2, 0.25) is 0 Å². The molecule has 92 valence electrons. The molecule has 0 aliphatic rings. The molecule has 2 nitrogen and oxygen atoms in total. The highest BCUT2D eigenvalue weighted by Gasteiger charge is 2.32. The van der Waals surface area contributed by atoms with Crippen molar-refractivity contribution in [3.8, 4) is 0 Å². The summed E-state index contributed by atoms with van der Waals surface area (Å²) in [6, 6.07) is 13.8. The number of benzene rings is 2. The molecule has 0 amide bonds. The Morgan fingerprint density at radius 2 is 1.61 bits per heavy atom. The van der Waals surface area contributed by atoms with Gasteiger partial charge in [-0.05, 0) is 36.8 Å². The molecule has 0 bridgehead atoms. The first-order valence-corrected chi connectivity index (χ1v) is 5.60. The van der Waals surface area contributed by atoms with Crippen molar-refractivity contribution >= 4 is 5.78 Å². The van der Waals surface area contributed by atoms with Gasteiger partial charge in [0.05, 0.1) is 0 Å². The Morgan fingerprint density at radius 1 is 1.06 bits per heavy atom. The van der Waals surface area contributed by atoms with Crippen LogP contribution in [0.3, 0.4) is 0 Å². The van der Waals surface area contributed by atoms with Crippen molar-refractivity contribution in [3.63, 3.8) is 0 Å². The Kier molecular flexibility index (Phi) is 3.26. The van der Waals surface area contributed by atoms with Gasteiger partial charge < -0.3 is 5.11 Å². The van der Waals surface area contributed by atoms with Crippen LogP contribution in [0.25, 0.3) is 0 Å². The van der Waals surface area contributed by atoms with E-state index >= 15 is 0 Å². The highest BCUT2D eigenvalue weighted by atomic mass is 19.1. The van der Waals surface area contributed by atoms with E-state index in [0.29, 0.717) is 5.56 Å². The van der Waals surface area contributed by atoms with Crippen LogP contribution in [-0.2, 0) is 5.60 Å². The third-order valence-electron chi connectivity index (χ3n) is 2.88. The maximum absolute atomic E-state index is 12.8. The van der Waals surface area contributed by atoms with Gasteiger partial charge in [-0.15, -0.1) is 0 Å². The minimum absolute atomic E-state index is 0.283. The molecule has 0 fully saturated rings. The van der Waals surface area contributed by atoms with Crippen molar-refractivity contribution in [2.45, 2.75) is 12.5 Å². The lowest BCUT2D eigenvalue weighted by Crippen LogP contribution is -2.32. The zero-order chi connectivity index (χ0) is 13.2. The lowest BCUT2D eigenvalue weighted by molar-refractivity contribution is 0.0392. The van der Waals surface area contributed by atoms with Gasteiger partial charge >= 0.3 is 0 Å². The molecule has 0 saturated heterocycles. The number of rotatable bonds is 3. The van der Waals surface area contributed by atoms with Crippen molar-refractivity contribution in [2.75, 3.05) is 0 Å². The summed E-state index contributed by atoms with van der Waals surface area (Å²) in [5.41, 5.74) is -0.816. The molecule has 2 rings (SSSR count). The number of aliphatic hydroxyl groups is 1. The summed E-state index contributed by atoms with van der Waals surface area (Å²) in [6.07, 6.45) is 0. The first-order chi connectivity index (χ1) is 8.51. The highest BCUT2D eigenvalue weighted by Crippen LogP contribution is 2.25. The molecule has 3 heteroatoms. The van der Waals surface area contributed by atoms with Crippen LogP contribution in [0.2, 0.25) is 0 Å². The first-order valence-electron chi connectivity index (χ1n) is 5.60. The van der Waals surface area contributed by atoms with Crippen LogP contribution < -0.4 is 0 Å². The minimum Gasteiger partial charge on any atom is -0.377 e. The van der Waals surface area contributed by atoms with Gasteiger partial charge in [-0.25, -0.2) is 4.39 Å². The van der Waals surface area contributed by atoms with E-state index in [0.717, 1.165) is 0 Å². The van der Waals surface area contributed by atoms with Crippen molar-refractivity contribution in [3.05, 3.63) is 71.5 Å². The van der Waals surface area contributed by atoms with E-state index in [1.165, 1.54) is 31.2 Å². The van der Waals surface area contributed by atoms with Crippen LogP contribution >= 0.6 is 0 Å². The van der Waals surface area contributed by atoms with E-state index in [1.54, 1.807) is 24.3 Å². The van der Waals surface area contributed by atoms with E-state index in [-0.39, 0.29) is 5.56 Å². The van der Waals surface area contributed by atoms with Crippen LogP contribution in [0, 0.1) is 5.82 Å². The maximum atomic E-state index is 12.8. The second-order valence-corrected chi connectivity index (χ2v) is 4.27. The molecule has 0 spiro atoms. The van der Waals surface area contributed by atoms with Gasteiger partial charge in [0.1, 0.15) is 11.4 Å². The predicted molar refractivity (Wildman–Crippen MR) is 66.7 cm³/mol. The van der Waals surface area contributed by atoms with E-state index in [2.05, 4.69) is 0 Å². The van der Waals surface area contributed by atoms with Crippen molar-refractivity contribution in [1.82, 2.24) is 0 Å². The number of hydrogen-bond donors (Lipinski definition) is 1. The van der Waals surface area contributed by atoms with Crippen molar-refractivity contribution in [1.29, 1.82) is 0 Å². The molecule has 0 aliphatic heterocycles. The smallest absolute Gasteiger partial charge is 0.198 e. The molecule has 0 saturated carbocycles. The summed E-state index contributed by atoms with van der Waals surface area (Å²) < 4.78 is 12.8. The molecule has 18 heavy (non-hydrogen) atoms. The fourth-order valence-corrected chi connectivity index (χ4v) is 1.78. The van der Waals surface area contributed by atoms with Gasteiger partial charge in [0, 0.05) is 5.56 Å². The molecule has 0 heterocycles. The molecule has 0 radical (unpaired) electrons. The van der Waals surface area contributed by atoms with Crippen LogP contribution in [0.1, 0.15) is 22.8 Å². The summed E-state index contributed by atoms with van der Waals surface area (Å²) in [7, 11) is 0. The standard InChI is InChI=1S/C15H13FO2/c1-15(18,12-5-3-2-4-6-12)14(17)11-7-9-13(16)10-8-11/h2-10,18H,1H3. The normalized spacial score (nSPS) is 13.9. The topological polar surface area (TPSA) is 37.3 Å².